The Kier molecular flexibility index (Phi) is 2.60. The summed E-state index contributed by atoms with van der Waals surface area (Å²) < 4.78 is 0.669. The molecular weight excluding hydrogens is 220 g/mol. The number of nitrogen functional groups attached to an aromatic ring is 1. The molecule has 0 aliphatic heterocycles. The molecule has 0 bridgehead atoms. The molecule has 2 N–H and O–H groups in total. The van der Waals surface area contributed by atoms with Crippen molar-refractivity contribution >= 4 is 33.4 Å². The summed E-state index contributed by atoms with van der Waals surface area (Å²) in [5, 5.41) is 2.84. The number of benzene rings is 1. The van der Waals surface area contributed by atoms with E-state index in [2.05, 4.69) is 27.7 Å². The molecule has 0 unspecified atom stereocenters. The maximum atomic E-state index is 10.3. The maximum Gasteiger partial charge on any atom is 0.116 e. The van der Waals surface area contributed by atoms with Crippen molar-refractivity contribution in [2.75, 3.05) is 5.73 Å². The molecule has 3 nitrogen and oxygen atoms in total. The Morgan fingerprint density at radius 3 is 2.75 bits per heavy atom. The summed E-state index contributed by atoms with van der Waals surface area (Å²) in [6.45, 7) is 3.54. The van der Waals surface area contributed by atoms with Gasteiger partial charge in [-0.1, -0.05) is 12.7 Å². The summed E-state index contributed by atoms with van der Waals surface area (Å²) in [5.41, 5.74) is 7.13. The van der Waals surface area contributed by atoms with E-state index in [-0.39, 0.29) is 0 Å². The van der Waals surface area contributed by atoms with Crippen LogP contribution in [0.25, 0.3) is 6.08 Å². The molecule has 62 valence electrons. The van der Waals surface area contributed by atoms with Crippen molar-refractivity contribution in [3.8, 4) is 0 Å². The molecule has 0 heterocycles. The molecule has 0 saturated carbocycles. The number of hydrogen-bond donors (Lipinski definition) is 1. The molecule has 1 rings (SSSR count). The van der Waals surface area contributed by atoms with Gasteiger partial charge in [-0.2, -0.15) is 0 Å². The van der Waals surface area contributed by atoms with Gasteiger partial charge in [-0.3, -0.25) is 0 Å². The third kappa shape index (κ3) is 1.53. The van der Waals surface area contributed by atoms with Crippen LogP contribution in [-0.2, 0) is 0 Å². The quantitative estimate of drug-likeness (QED) is 0.623. The first-order chi connectivity index (χ1) is 5.69. The van der Waals surface area contributed by atoms with Crippen molar-refractivity contribution in [1.82, 2.24) is 0 Å². The van der Waals surface area contributed by atoms with E-state index in [0.29, 0.717) is 21.4 Å². The Bertz CT molecular complexity index is 303. The van der Waals surface area contributed by atoms with E-state index in [4.69, 9.17) is 5.73 Å². The zero-order valence-corrected chi connectivity index (χ0v) is 7.84. The van der Waals surface area contributed by atoms with Crippen LogP contribution in [0.1, 0.15) is 5.56 Å². The first-order valence-electron chi connectivity index (χ1n) is 3.24. The van der Waals surface area contributed by atoms with Crippen LogP contribution in [0.15, 0.2) is 28.4 Å². The smallest absolute Gasteiger partial charge is 0.116 e. The molecule has 0 radical (unpaired) electrons. The lowest BCUT2D eigenvalue weighted by atomic mass is 10.1. The highest BCUT2D eigenvalue weighted by molar-refractivity contribution is 9.10. The number of nitroso groups, excluding NO2 is 1. The van der Waals surface area contributed by atoms with Crippen LogP contribution in [-0.4, -0.2) is 0 Å². The zero-order valence-electron chi connectivity index (χ0n) is 6.25. The SMILES string of the molecule is C=Cc1cc(N)c(Br)cc1N=O. The lowest BCUT2D eigenvalue weighted by Crippen LogP contribution is -1.87. The number of nitrogens with zero attached hydrogens (tertiary/aromatic N) is 1. The van der Waals surface area contributed by atoms with E-state index >= 15 is 0 Å². The number of nitrogens with two attached hydrogens (primary N) is 1. The molecule has 1 aromatic carbocycles. The normalized spacial score (nSPS) is 9.42. The second-order valence-electron chi connectivity index (χ2n) is 2.23. The Labute approximate surface area is 78.4 Å². The molecule has 1 aromatic rings. The van der Waals surface area contributed by atoms with Crippen molar-refractivity contribution in [2.45, 2.75) is 0 Å². The Morgan fingerprint density at radius 1 is 1.58 bits per heavy atom. The molecule has 0 aliphatic carbocycles. The predicted molar refractivity (Wildman–Crippen MR) is 54.1 cm³/mol. The summed E-state index contributed by atoms with van der Waals surface area (Å²) >= 11 is 3.19. The topological polar surface area (TPSA) is 55.4 Å². The van der Waals surface area contributed by atoms with Gasteiger partial charge in [-0.05, 0) is 33.2 Å². The van der Waals surface area contributed by atoms with Gasteiger partial charge in [-0.25, -0.2) is 0 Å². The fraction of sp³-hybridized carbons (Fsp3) is 0. The Hall–Kier alpha value is -1.16. The van der Waals surface area contributed by atoms with Crippen LogP contribution >= 0.6 is 15.9 Å². The van der Waals surface area contributed by atoms with E-state index < -0.39 is 0 Å². The van der Waals surface area contributed by atoms with E-state index in [1.807, 2.05) is 0 Å². The van der Waals surface area contributed by atoms with Gasteiger partial charge in [0.15, 0.2) is 0 Å². The minimum atomic E-state index is 0.339. The predicted octanol–water partition coefficient (Wildman–Crippen LogP) is 3.07. The average Bonchev–Trinajstić information content (AvgIpc) is 2.09. The van der Waals surface area contributed by atoms with E-state index in [1.165, 1.54) is 0 Å². The van der Waals surface area contributed by atoms with E-state index in [1.54, 1.807) is 18.2 Å². The van der Waals surface area contributed by atoms with Crippen LogP contribution in [0.5, 0.6) is 0 Å². The van der Waals surface area contributed by atoms with Gasteiger partial charge in [-0.15, -0.1) is 4.91 Å². The van der Waals surface area contributed by atoms with Crippen molar-refractivity contribution in [3.05, 3.63) is 33.7 Å². The minimum Gasteiger partial charge on any atom is -0.398 e. The van der Waals surface area contributed by atoms with Crippen LogP contribution in [0, 0.1) is 4.91 Å². The molecular formula is C8H7BrN2O. The second kappa shape index (κ2) is 3.49. The van der Waals surface area contributed by atoms with Gasteiger partial charge < -0.3 is 5.73 Å². The van der Waals surface area contributed by atoms with Gasteiger partial charge >= 0.3 is 0 Å². The van der Waals surface area contributed by atoms with Crippen molar-refractivity contribution in [2.24, 2.45) is 5.18 Å². The van der Waals surface area contributed by atoms with Crippen molar-refractivity contribution in [1.29, 1.82) is 0 Å². The molecule has 0 spiro atoms. The van der Waals surface area contributed by atoms with Gasteiger partial charge in [0.1, 0.15) is 5.69 Å². The van der Waals surface area contributed by atoms with Crippen molar-refractivity contribution < 1.29 is 0 Å². The molecule has 0 saturated heterocycles. The van der Waals surface area contributed by atoms with Gasteiger partial charge in [0.05, 0.1) is 0 Å². The highest BCUT2D eigenvalue weighted by Gasteiger charge is 2.03. The minimum absolute atomic E-state index is 0.339. The highest BCUT2D eigenvalue weighted by atomic mass is 79.9. The van der Waals surface area contributed by atoms with Gasteiger partial charge in [0, 0.05) is 15.7 Å². The van der Waals surface area contributed by atoms with Gasteiger partial charge in [0.25, 0.3) is 0 Å². The summed E-state index contributed by atoms with van der Waals surface area (Å²) in [7, 11) is 0. The summed E-state index contributed by atoms with van der Waals surface area (Å²) in [5.74, 6) is 0. The van der Waals surface area contributed by atoms with Crippen LogP contribution in [0.3, 0.4) is 0 Å². The molecule has 0 aliphatic rings. The Balaban J connectivity index is 3.37. The lowest BCUT2D eigenvalue weighted by molar-refractivity contribution is 1.46. The molecule has 0 aromatic heterocycles. The number of rotatable bonds is 2. The third-order valence-corrected chi connectivity index (χ3v) is 2.15. The monoisotopic (exact) mass is 226 g/mol. The fourth-order valence-corrected chi connectivity index (χ4v) is 1.17. The molecule has 12 heavy (non-hydrogen) atoms. The largest absolute Gasteiger partial charge is 0.398 e. The Morgan fingerprint density at radius 2 is 2.25 bits per heavy atom. The van der Waals surface area contributed by atoms with Crippen LogP contribution in [0.2, 0.25) is 0 Å². The van der Waals surface area contributed by atoms with Crippen molar-refractivity contribution in [3.63, 3.8) is 0 Å². The van der Waals surface area contributed by atoms with Crippen LogP contribution < -0.4 is 5.73 Å². The molecule has 0 fully saturated rings. The zero-order chi connectivity index (χ0) is 9.14. The first kappa shape index (κ1) is 8.93. The first-order valence-corrected chi connectivity index (χ1v) is 4.03. The number of anilines is 1. The van der Waals surface area contributed by atoms with Crippen LogP contribution in [0.4, 0.5) is 11.4 Å². The molecule has 0 amide bonds. The fourth-order valence-electron chi connectivity index (χ4n) is 0.840. The standard InChI is InChI=1S/C8H7BrN2O/c1-2-5-3-7(10)6(9)4-8(5)11-12/h2-4H,1,10H2. The lowest BCUT2D eigenvalue weighted by Gasteiger charge is -2.01. The number of halogens is 1. The van der Waals surface area contributed by atoms with E-state index in [9.17, 15) is 4.91 Å². The number of hydrogen-bond acceptors (Lipinski definition) is 3. The summed E-state index contributed by atoms with van der Waals surface area (Å²) in [6.07, 6.45) is 1.54. The van der Waals surface area contributed by atoms with Gasteiger partial charge in [0.2, 0.25) is 0 Å². The third-order valence-electron chi connectivity index (χ3n) is 1.46. The highest BCUT2D eigenvalue weighted by Crippen LogP contribution is 2.29. The summed E-state index contributed by atoms with van der Waals surface area (Å²) in [4.78, 5) is 10.3. The second-order valence-corrected chi connectivity index (χ2v) is 3.08. The maximum absolute atomic E-state index is 10.3. The van der Waals surface area contributed by atoms with E-state index in [0.717, 1.165) is 0 Å². The average molecular weight is 227 g/mol. The molecule has 4 heteroatoms. The summed E-state index contributed by atoms with van der Waals surface area (Å²) in [6, 6.07) is 3.22. The molecule has 0 atom stereocenters.